The molecular weight excluding hydrogens is 342 g/mol. The van der Waals surface area contributed by atoms with E-state index >= 15 is 0 Å². The number of nitrogens with zero attached hydrogens (tertiary/aromatic N) is 3. The molecule has 0 radical (unpaired) electrons. The van der Waals surface area contributed by atoms with Crippen LogP contribution in [0.3, 0.4) is 0 Å². The van der Waals surface area contributed by atoms with E-state index < -0.39 is 0 Å². The van der Waals surface area contributed by atoms with Crippen molar-refractivity contribution in [3.8, 4) is 17.1 Å². The molecule has 1 atom stereocenters. The van der Waals surface area contributed by atoms with Crippen LogP contribution >= 0.6 is 0 Å². The van der Waals surface area contributed by atoms with Gasteiger partial charge in [-0.05, 0) is 44.2 Å². The number of hydrogen-bond acceptors (Lipinski definition) is 5. The zero-order valence-electron chi connectivity index (χ0n) is 16.1. The Morgan fingerprint density at radius 2 is 2.04 bits per heavy atom. The second kappa shape index (κ2) is 7.71. The van der Waals surface area contributed by atoms with E-state index in [0.717, 1.165) is 49.1 Å². The molecule has 6 heteroatoms. The summed E-state index contributed by atoms with van der Waals surface area (Å²) in [5.74, 6) is 2.68. The molecule has 4 rings (SSSR count). The molecule has 0 spiro atoms. The van der Waals surface area contributed by atoms with Gasteiger partial charge in [0, 0.05) is 24.6 Å². The molecule has 1 aromatic carbocycles. The van der Waals surface area contributed by atoms with Crippen molar-refractivity contribution in [2.24, 2.45) is 5.92 Å². The molecule has 27 heavy (non-hydrogen) atoms. The van der Waals surface area contributed by atoms with E-state index in [1.807, 2.05) is 30.0 Å². The summed E-state index contributed by atoms with van der Waals surface area (Å²) in [4.78, 5) is 19.4. The minimum Gasteiger partial charge on any atom is -0.496 e. The predicted octanol–water partition coefficient (Wildman–Crippen LogP) is 3.95. The van der Waals surface area contributed by atoms with Crippen molar-refractivity contribution in [2.45, 2.75) is 51.4 Å². The summed E-state index contributed by atoms with van der Waals surface area (Å²) in [5, 5.41) is 4.17. The number of ether oxygens (including phenoxy) is 1. The Morgan fingerprint density at radius 1 is 1.22 bits per heavy atom. The lowest BCUT2D eigenvalue weighted by Crippen LogP contribution is -2.41. The topological polar surface area (TPSA) is 68.5 Å². The molecule has 2 heterocycles. The highest BCUT2D eigenvalue weighted by Gasteiger charge is 2.33. The van der Waals surface area contributed by atoms with E-state index in [9.17, 15) is 4.79 Å². The van der Waals surface area contributed by atoms with Gasteiger partial charge in [-0.2, -0.15) is 4.98 Å². The molecule has 144 valence electrons. The molecular formula is C21H27N3O3. The second-order valence-corrected chi connectivity index (χ2v) is 7.75. The van der Waals surface area contributed by atoms with Gasteiger partial charge in [-0.15, -0.1) is 0 Å². The normalized spacial score (nSPS) is 20.8. The van der Waals surface area contributed by atoms with Crippen LogP contribution in [0.25, 0.3) is 11.4 Å². The van der Waals surface area contributed by atoms with Gasteiger partial charge in [0.05, 0.1) is 13.0 Å². The maximum atomic E-state index is 12.8. The summed E-state index contributed by atoms with van der Waals surface area (Å²) in [6.45, 7) is 3.54. The number of benzene rings is 1. The smallest absolute Gasteiger partial charge is 0.231 e. The molecule has 1 aliphatic heterocycles. The van der Waals surface area contributed by atoms with Crippen molar-refractivity contribution in [1.82, 2.24) is 15.0 Å². The highest BCUT2D eigenvalue weighted by Crippen LogP contribution is 2.32. The van der Waals surface area contributed by atoms with Crippen molar-refractivity contribution in [1.29, 1.82) is 0 Å². The molecule has 2 aromatic rings. The van der Waals surface area contributed by atoms with Crippen LogP contribution in [0.1, 0.15) is 55.9 Å². The standard InChI is InChI=1S/C21H27N3O3/c1-14-9-10-16(12-18(14)26-2)19-22-20(27-23-19)17-8-5-11-24(13-17)21(25)15-6-3-4-7-15/h9-10,12,15,17H,3-8,11,13H2,1-2H3. The van der Waals surface area contributed by atoms with Gasteiger partial charge in [0.25, 0.3) is 0 Å². The van der Waals surface area contributed by atoms with Crippen LogP contribution in [-0.2, 0) is 4.79 Å². The summed E-state index contributed by atoms with van der Waals surface area (Å²) < 4.78 is 11.0. The first kappa shape index (κ1) is 18.0. The van der Waals surface area contributed by atoms with E-state index in [2.05, 4.69) is 10.1 Å². The zero-order valence-corrected chi connectivity index (χ0v) is 16.1. The highest BCUT2D eigenvalue weighted by molar-refractivity contribution is 5.79. The summed E-state index contributed by atoms with van der Waals surface area (Å²) in [5.41, 5.74) is 1.94. The molecule has 1 aliphatic carbocycles. The molecule has 1 unspecified atom stereocenters. The van der Waals surface area contributed by atoms with E-state index in [1.54, 1.807) is 7.11 Å². The van der Waals surface area contributed by atoms with E-state index in [1.165, 1.54) is 12.8 Å². The van der Waals surface area contributed by atoms with Gasteiger partial charge in [0.15, 0.2) is 0 Å². The van der Waals surface area contributed by atoms with Gasteiger partial charge < -0.3 is 14.2 Å². The maximum Gasteiger partial charge on any atom is 0.231 e. The third-order valence-electron chi connectivity index (χ3n) is 5.89. The molecule has 2 aliphatic rings. The average Bonchev–Trinajstić information content (AvgIpc) is 3.40. The number of amides is 1. The fourth-order valence-corrected chi connectivity index (χ4v) is 4.29. The van der Waals surface area contributed by atoms with Gasteiger partial charge in [-0.1, -0.05) is 30.1 Å². The van der Waals surface area contributed by atoms with E-state index in [-0.39, 0.29) is 11.8 Å². The molecule has 0 bridgehead atoms. The van der Waals surface area contributed by atoms with Crippen molar-refractivity contribution >= 4 is 5.91 Å². The Morgan fingerprint density at radius 3 is 2.81 bits per heavy atom. The first-order valence-corrected chi connectivity index (χ1v) is 9.93. The Labute approximate surface area is 159 Å². The van der Waals surface area contributed by atoms with Crippen molar-refractivity contribution in [3.63, 3.8) is 0 Å². The van der Waals surface area contributed by atoms with E-state index in [4.69, 9.17) is 9.26 Å². The Bertz CT molecular complexity index is 811. The Hall–Kier alpha value is -2.37. The minimum atomic E-state index is 0.123. The van der Waals surface area contributed by atoms with Crippen molar-refractivity contribution < 1.29 is 14.1 Å². The van der Waals surface area contributed by atoms with Crippen LogP contribution in [-0.4, -0.2) is 41.1 Å². The Balaban J connectivity index is 1.48. The number of piperidine rings is 1. The van der Waals surface area contributed by atoms with Gasteiger partial charge in [0.1, 0.15) is 5.75 Å². The van der Waals surface area contributed by atoms with Crippen LogP contribution < -0.4 is 4.74 Å². The maximum absolute atomic E-state index is 12.8. The Kier molecular flexibility index (Phi) is 5.14. The molecule has 6 nitrogen and oxygen atoms in total. The molecule has 1 saturated heterocycles. The first-order valence-electron chi connectivity index (χ1n) is 9.93. The summed E-state index contributed by atoms with van der Waals surface area (Å²) in [6.07, 6.45) is 6.41. The van der Waals surface area contributed by atoms with Gasteiger partial charge in [-0.3, -0.25) is 4.79 Å². The SMILES string of the molecule is COc1cc(-c2noc(C3CCCN(C(=O)C4CCCC4)C3)n2)ccc1C. The number of hydrogen-bond donors (Lipinski definition) is 0. The molecule has 0 N–H and O–H groups in total. The monoisotopic (exact) mass is 369 g/mol. The molecule has 2 fully saturated rings. The molecule has 1 aromatic heterocycles. The fraction of sp³-hybridized carbons (Fsp3) is 0.571. The lowest BCUT2D eigenvalue weighted by Gasteiger charge is -2.32. The lowest BCUT2D eigenvalue weighted by molar-refractivity contribution is -0.136. The molecule has 1 saturated carbocycles. The van der Waals surface area contributed by atoms with Crippen LogP contribution in [0.4, 0.5) is 0 Å². The van der Waals surface area contributed by atoms with Gasteiger partial charge >= 0.3 is 0 Å². The quantitative estimate of drug-likeness (QED) is 0.816. The summed E-state index contributed by atoms with van der Waals surface area (Å²) in [6, 6.07) is 5.90. The number of methoxy groups -OCH3 is 1. The second-order valence-electron chi connectivity index (χ2n) is 7.75. The third kappa shape index (κ3) is 3.70. The van der Waals surface area contributed by atoms with Crippen LogP contribution in [0.5, 0.6) is 5.75 Å². The minimum absolute atomic E-state index is 0.123. The summed E-state index contributed by atoms with van der Waals surface area (Å²) in [7, 11) is 1.66. The zero-order chi connectivity index (χ0) is 18.8. The number of rotatable bonds is 4. The highest BCUT2D eigenvalue weighted by atomic mass is 16.5. The first-order chi connectivity index (χ1) is 13.2. The number of likely N-dealkylation sites (tertiary alicyclic amines) is 1. The number of carbonyl (C=O) groups excluding carboxylic acids is 1. The average molecular weight is 369 g/mol. The number of aryl methyl sites for hydroxylation is 1. The van der Waals surface area contributed by atoms with Crippen molar-refractivity contribution in [2.75, 3.05) is 20.2 Å². The number of carbonyl (C=O) groups is 1. The number of aromatic nitrogens is 2. The van der Waals surface area contributed by atoms with Gasteiger partial charge in [0.2, 0.25) is 17.6 Å². The fourth-order valence-electron chi connectivity index (χ4n) is 4.29. The van der Waals surface area contributed by atoms with E-state index in [0.29, 0.717) is 24.2 Å². The summed E-state index contributed by atoms with van der Waals surface area (Å²) >= 11 is 0. The van der Waals surface area contributed by atoms with Gasteiger partial charge in [-0.25, -0.2) is 0 Å². The lowest BCUT2D eigenvalue weighted by atomic mass is 9.96. The van der Waals surface area contributed by atoms with Crippen molar-refractivity contribution in [3.05, 3.63) is 29.7 Å². The third-order valence-corrected chi connectivity index (χ3v) is 5.89. The van der Waals surface area contributed by atoms with Crippen LogP contribution in [0, 0.1) is 12.8 Å². The van der Waals surface area contributed by atoms with Crippen LogP contribution in [0.2, 0.25) is 0 Å². The largest absolute Gasteiger partial charge is 0.496 e. The molecule has 1 amide bonds. The predicted molar refractivity (Wildman–Crippen MR) is 102 cm³/mol. The van der Waals surface area contributed by atoms with Crippen LogP contribution in [0.15, 0.2) is 22.7 Å².